The lowest BCUT2D eigenvalue weighted by molar-refractivity contribution is -0.138. The molecular formula is C28H27N3O6S. The summed E-state index contributed by atoms with van der Waals surface area (Å²) in [6.07, 6.45) is 2.88. The largest absolute Gasteiger partial charge is 0.480 e. The third kappa shape index (κ3) is 4.88. The number of rotatable bonds is 10. The molecule has 5 aromatic rings. The number of aromatic nitrogens is 1. The molecule has 2 aromatic heterocycles. The first kappa shape index (κ1) is 25.5. The molecule has 2 atom stereocenters. The standard InChI is InChI=1S/C28H27N3O6S/c1-19(32)29(30-17-15-20-8-2-4-10-24(20)30)16-7-6-11-25(28(33)34)31(38(35)36)21-13-14-27-23(18-21)22-9-3-5-12-26(22)37-27/h2-5,8-10,12-15,17-18,25H,6-7,11,16H2,1H3,(H,33,34)(H,35,36). The average Bonchev–Trinajstić information content (AvgIpc) is 3.48. The van der Waals surface area contributed by atoms with Gasteiger partial charge in [0.25, 0.3) is 11.3 Å². The lowest BCUT2D eigenvalue weighted by Gasteiger charge is -2.27. The van der Waals surface area contributed by atoms with Gasteiger partial charge in [-0.25, -0.2) is 9.00 Å². The number of hydrogen-bond acceptors (Lipinski definition) is 4. The van der Waals surface area contributed by atoms with Gasteiger partial charge in [0.05, 0.1) is 11.2 Å². The lowest BCUT2D eigenvalue weighted by atomic mass is 10.1. The van der Waals surface area contributed by atoms with Crippen molar-refractivity contribution in [1.29, 1.82) is 0 Å². The maximum atomic E-state index is 12.4. The number of aliphatic carboxylic acids is 1. The minimum absolute atomic E-state index is 0.115. The van der Waals surface area contributed by atoms with Crippen molar-refractivity contribution < 1.29 is 27.9 Å². The van der Waals surface area contributed by atoms with Crippen molar-refractivity contribution in [3.8, 4) is 0 Å². The SMILES string of the molecule is CC(=O)N(CCCCC(C(=O)O)N(c1ccc2oc3ccccc3c2c1)S(=O)O)n1ccc2ccccc21. The number of amides is 1. The van der Waals surface area contributed by atoms with E-state index < -0.39 is 23.3 Å². The minimum Gasteiger partial charge on any atom is -0.480 e. The number of anilines is 1. The van der Waals surface area contributed by atoms with Gasteiger partial charge < -0.3 is 9.52 Å². The summed E-state index contributed by atoms with van der Waals surface area (Å²) in [5.74, 6) is -1.34. The van der Waals surface area contributed by atoms with Crippen molar-refractivity contribution in [3.63, 3.8) is 0 Å². The molecule has 2 unspecified atom stereocenters. The summed E-state index contributed by atoms with van der Waals surface area (Å²) in [4.78, 5) is 24.6. The van der Waals surface area contributed by atoms with E-state index in [4.69, 9.17) is 4.42 Å². The number of benzene rings is 3. The smallest absolute Gasteiger partial charge is 0.327 e. The molecule has 2 heterocycles. The fraction of sp³-hybridized carbons (Fsp3) is 0.214. The Bertz CT molecular complexity index is 1660. The maximum Gasteiger partial charge on any atom is 0.327 e. The third-order valence-corrected chi connectivity index (χ3v) is 7.45. The monoisotopic (exact) mass is 533 g/mol. The molecule has 5 rings (SSSR count). The molecule has 3 aromatic carbocycles. The Morgan fingerprint density at radius 3 is 2.47 bits per heavy atom. The highest BCUT2D eigenvalue weighted by molar-refractivity contribution is 7.80. The minimum atomic E-state index is -2.58. The van der Waals surface area contributed by atoms with Crippen LogP contribution < -0.4 is 9.31 Å². The van der Waals surface area contributed by atoms with E-state index in [1.165, 1.54) is 6.92 Å². The highest BCUT2D eigenvalue weighted by Crippen LogP contribution is 2.33. The zero-order valence-electron chi connectivity index (χ0n) is 20.7. The quantitative estimate of drug-likeness (QED) is 0.186. The van der Waals surface area contributed by atoms with Gasteiger partial charge in [0.2, 0.25) is 5.91 Å². The number of unbranched alkanes of at least 4 members (excludes halogenated alkanes) is 1. The summed E-state index contributed by atoms with van der Waals surface area (Å²) in [5, 5.41) is 14.2. The van der Waals surface area contributed by atoms with Gasteiger partial charge in [-0.05, 0) is 55.7 Å². The van der Waals surface area contributed by atoms with Gasteiger partial charge >= 0.3 is 5.97 Å². The first-order valence-electron chi connectivity index (χ1n) is 12.2. The van der Waals surface area contributed by atoms with E-state index >= 15 is 0 Å². The normalized spacial score (nSPS) is 13.1. The van der Waals surface area contributed by atoms with Gasteiger partial charge in [-0.2, -0.15) is 0 Å². The van der Waals surface area contributed by atoms with Crippen LogP contribution in [0.25, 0.3) is 32.8 Å². The molecule has 196 valence electrons. The summed E-state index contributed by atoms with van der Waals surface area (Å²) in [6, 6.07) is 20.8. The molecule has 0 bridgehead atoms. The van der Waals surface area contributed by atoms with Crippen LogP contribution in [-0.4, -0.2) is 43.0 Å². The predicted molar refractivity (Wildman–Crippen MR) is 148 cm³/mol. The molecule has 0 aliphatic heterocycles. The molecular weight excluding hydrogens is 506 g/mol. The molecule has 9 nitrogen and oxygen atoms in total. The molecule has 0 spiro atoms. The van der Waals surface area contributed by atoms with Crippen LogP contribution in [0.5, 0.6) is 0 Å². The van der Waals surface area contributed by atoms with Gasteiger partial charge in [0.1, 0.15) is 17.2 Å². The van der Waals surface area contributed by atoms with E-state index in [0.29, 0.717) is 36.2 Å². The van der Waals surface area contributed by atoms with Gasteiger partial charge in [0, 0.05) is 35.8 Å². The summed E-state index contributed by atoms with van der Waals surface area (Å²) in [7, 11) is 0. The molecule has 0 radical (unpaired) electrons. The van der Waals surface area contributed by atoms with Crippen LogP contribution >= 0.6 is 0 Å². The predicted octanol–water partition coefficient (Wildman–Crippen LogP) is 5.29. The van der Waals surface area contributed by atoms with E-state index in [9.17, 15) is 23.5 Å². The van der Waals surface area contributed by atoms with Crippen LogP contribution in [-0.2, 0) is 20.9 Å². The van der Waals surface area contributed by atoms with Crippen LogP contribution in [0.2, 0.25) is 0 Å². The number of hydrogen-bond donors (Lipinski definition) is 2. The van der Waals surface area contributed by atoms with E-state index in [0.717, 1.165) is 26.0 Å². The molecule has 0 fully saturated rings. The number of nitrogens with zero attached hydrogens (tertiary/aromatic N) is 3. The molecule has 0 saturated heterocycles. The molecule has 0 aliphatic rings. The summed E-state index contributed by atoms with van der Waals surface area (Å²) in [6.45, 7) is 1.86. The van der Waals surface area contributed by atoms with Gasteiger partial charge in [-0.1, -0.05) is 36.4 Å². The van der Waals surface area contributed by atoms with E-state index in [2.05, 4.69) is 0 Å². The number of furan rings is 1. The van der Waals surface area contributed by atoms with Crippen molar-refractivity contribution in [2.45, 2.75) is 32.2 Å². The molecule has 10 heteroatoms. The van der Waals surface area contributed by atoms with Gasteiger partial charge in [-0.15, -0.1) is 0 Å². The zero-order chi connectivity index (χ0) is 26.8. The van der Waals surface area contributed by atoms with Crippen LogP contribution in [0.3, 0.4) is 0 Å². The number of carboxylic acids is 1. The second-order valence-corrected chi connectivity index (χ2v) is 9.90. The van der Waals surface area contributed by atoms with Crippen LogP contribution in [0, 0.1) is 0 Å². The summed E-state index contributed by atoms with van der Waals surface area (Å²) < 4.78 is 31.1. The average molecular weight is 534 g/mol. The van der Waals surface area contributed by atoms with Gasteiger partial charge in [0.15, 0.2) is 0 Å². The number of para-hydroxylation sites is 2. The highest BCUT2D eigenvalue weighted by Gasteiger charge is 2.30. The molecule has 0 saturated carbocycles. The Kier molecular flexibility index (Phi) is 7.17. The molecule has 1 amide bonds. The molecule has 2 N–H and O–H groups in total. The number of fused-ring (bicyclic) bond motifs is 4. The highest BCUT2D eigenvalue weighted by atomic mass is 32.2. The maximum absolute atomic E-state index is 12.4. The van der Waals surface area contributed by atoms with Crippen molar-refractivity contribution in [2.75, 3.05) is 15.9 Å². The fourth-order valence-electron chi connectivity index (χ4n) is 4.87. The Hall–Kier alpha value is -4.15. The second-order valence-electron chi connectivity index (χ2n) is 9.05. The molecule has 38 heavy (non-hydrogen) atoms. The van der Waals surface area contributed by atoms with Crippen molar-refractivity contribution in [2.24, 2.45) is 0 Å². The van der Waals surface area contributed by atoms with Crippen LogP contribution in [0.1, 0.15) is 26.2 Å². The first-order valence-corrected chi connectivity index (χ1v) is 13.3. The third-order valence-electron chi connectivity index (χ3n) is 6.65. The van der Waals surface area contributed by atoms with E-state index in [1.54, 1.807) is 27.9 Å². The fourth-order valence-corrected chi connectivity index (χ4v) is 5.57. The van der Waals surface area contributed by atoms with Crippen LogP contribution in [0.4, 0.5) is 5.69 Å². The number of carbonyl (C=O) groups excluding carboxylic acids is 1. The lowest BCUT2D eigenvalue weighted by Crippen LogP contribution is -2.43. The number of carbonyl (C=O) groups is 2. The Morgan fingerprint density at radius 1 is 0.974 bits per heavy atom. The Labute approximate surface area is 221 Å². The Balaban J connectivity index is 1.34. The second kappa shape index (κ2) is 10.7. The molecule has 0 aliphatic carbocycles. The van der Waals surface area contributed by atoms with Gasteiger partial charge in [-0.3, -0.25) is 23.3 Å². The number of carboxylic acid groups (broad SMARTS) is 1. The van der Waals surface area contributed by atoms with Crippen LogP contribution in [0.15, 0.2) is 83.4 Å². The summed E-state index contributed by atoms with van der Waals surface area (Å²) >= 11 is -2.58. The Morgan fingerprint density at radius 2 is 1.71 bits per heavy atom. The van der Waals surface area contributed by atoms with E-state index in [1.807, 2.05) is 60.8 Å². The topological polar surface area (TPSA) is 116 Å². The first-order chi connectivity index (χ1) is 18.3. The van der Waals surface area contributed by atoms with Crippen molar-refractivity contribution in [3.05, 3.63) is 79.0 Å². The zero-order valence-corrected chi connectivity index (χ0v) is 21.5. The van der Waals surface area contributed by atoms with E-state index in [-0.39, 0.29) is 12.3 Å². The summed E-state index contributed by atoms with van der Waals surface area (Å²) in [5.41, 5.74) is 2.49. The van der Waals surface area contributed by atoms with Crippen molar-refractivity contribution in [1.82, 2.24) is 4.68 Å². The van der Waals surface area contributed by atoms with Crippen molar-refractivity contribution >= 4 is 61.7 Å².